The maximum Gasteiger partial charge on any atom is 0.314 e. The van der Waals surface area contributed by atoms with Crippen LogP contribution in [0.25, 0.3) is 0 Å². The zero-order valence-corrected chi connectivity index (χ0v) is 5.15. The molecule has 1 aliphatic carbocycles. The van der Waals surface area contributed by atoms with Crippen LogP contribution in [0.5, 0.6) is 0 Å². The van der Waals surface area contributed by atoms with Crippen LogP contribution in [0.1, 0.15) is 6.42 Å². The molecule has 9 heavy (non-hydrogen) atoms. The number of carbonyl (C=O) groups is 1. The molecule has 1 saturated carbocycles. The van der Waals surface area contributed by atoms with Crippen molar-refractivity contribution in [2.24, 2.45) is 0 Å². The second kappa shape index (κ2) is 2.21. The molecule has 0 aromatic rings. The first-order chi connectivity index (χ1) is 4.24. The van der Waals surface area contributed by atoms with Crippen LogP contribution in [0, 0.1) is 0 Å². The summed E-state index contributed by atoms with van der Waals surface area (Å²) in [5.74, 6) is 0. The molecule has 2 atom stereocenters. The molecule has 0 saturated heterocycles. The minimum absolute atomic E-state index is 0.232. The lowest BCUT2D eigenvalue weighted by atomic mass is 10.7. The third-order valence-corrected chi connectivity index (χ3v) is 1.26. The number of alkyl halides is 1. The van der Waals surface area contributed by atoms with Gasteiger partial charge in [-0.3, -0.25) is 0 Å². The number of hydrogen-bond acceptors (Lipinski definition) is 1. The highest BCUT2D eigenvalue weighted by atomic mass is 19.1. The first kappa shape index (κ1) is 6.32. The van der Waals surface area contributed by atoms with E-state index in [1.807, 2.05) is 0 Å². The van der Waals surface area contributed by atoms with Gasteiger partial charge in [0.15, 0.2) is 0 Å². The monoisotopic (exact) mass is 132 g/mol. The maximum absolute atomic E-state index is 12.0. The fourth-order valence-corrected chi connectivity index (χ4v) is 0.554. The van der Waals surface area contributed by atoms with Crippen LogP contribution in [0.2, 0.25) is 0 Å². The first-order valence-corrected chi connectivity index (χ1v) is 2.86. The Balaban J connectivity index is 2.12. The Labute approximate surface area is 52.6 Å². The highest BCUT2D eigenvalue weighted by molar-refractivity contribution is 5.74. The molecule has 0 spiro atoms. The third-order valence-electron chi connectivity index (χ3n) is 1.26. The maximum atomic E-state index is 12.0. The standard InChI is InChI=1S/C5H9FN2O/c1-7-5(9)8-4-2-3(4)6/h3-4H,2H2,1H3,(H2,7,8,9). The van der Waals surface area contributed by atoms with Gasteiger partial charge in [-0.25, -0.2) is 9.18 Å². The van der Waals surface area contributed by atoms with Gasteiger partial charge in [0.2, 0.25) is 0 Å². The molecule has 0 aromatic heterocycles. The van der Waals surface area contributed by atoms with E-state index in [-0.39, 0.29) is 12.1 Å². The summed E-state index contributed by atoms with van der Waals surface area (Å²) in [5.41, 5.74) is 0. The Morgan fingerprint density at radius 1 is 1.78 bits per heavy atom. The van der Waals surface area contributed by atoms with E-state index in [1.165, 1.54) is 7.05 Å². The van der Waals surface area contributed by atoms with Gasteiger partial charge < -0.3 is 10.6 Å². The summed E-state index contributed by atoms with van der Waals surface area (Å²) < 4.78 is 12.0. The van der Waals surface area contributed by atoms with E-state index in [0.29, 0.717) is 6.42 Å². The molecule has 1 rings (SSSR count). The molecule has 0 radical (unpaired) electrons. The first-order valence-electron chi connectivity index (χ1n) is 2.86. The number of carbonyl (C=O) groups excluding carboxylic acids is 1. The van der Waals surface area contributed by atoms with Gasteiger partial charge in [-0.1, -0.05) is 0 Å². The van der Waals surface area contributed by atoms with Gasteiger partial charge >= 0.3 is 6.03 Å². The van der Waals surface area contributed by atoms with Crippen molar-refractivity contribution in [1.82, 2.24) is 10.6 Å². The fourth-order valence-electron chi connectivity index (χ4n) is 0.554. The molecule has 0 heterocycles. The summed E-state index contributed by atoms with van der Waals surface area (Å²) in [6, 6.07) is -0.537. The molecule has 3 nitrogen and oxygen atoms in total. The van der Waals surface area contributed by atoms with Crippen LogP contribution < -0.4 is 10.6 Å². The predicted octanol–water partition coefficient (Wildman–Crippen LogP) is 0.0258. The third kappa shape index (κ3) is 1.55. The van der Waals surface area contributed by atoms with Crippen LogP contribution >= 0.6 is 0 Å². The highest BCUT2D eigenvalue weighted by Gasteiger charge is 2.38. The second-order valence-corrected chi connectivity index (χ2v) is 2.08. The number of nitrogens with one attached hydrogen (secondary N) is 2. The lowest BCUT2D eigenvalue weighted by Crippen LogP contribution is -2.35. The molecule has 2 N–H and O–H groups in total. The summed E-state index contributed by atoms with van der Waals surface area (Å²) in [6.45, 7) is 0. The molecular weight excluding hydrogens is 123 g/mol. The van der Waals surface area contributed by atoms with Gasteiger partial charge in [0.25, 0.3) is 0 Å². The Morgan fingerprint density at radius 2 is 2.33 bits per heavy atom. The Kier molecular flexibility index (Phi) is 1.55. The second-order valence-electron chi connectivity index (χ2n) is 2.08. The van der Waals surface area contributed by atoms with Gasteiger partial charge in [0, 0.05) is 13.5 Å². The average molecular weight is 132 g/mol. The van der Waals surface area contributed by atoms with Crippen molar-refractivity contribution in [2.45, 2.75) is 18.6 Å². The number of hydrogen-bond donors (Lipinski definition) is 2. The molecule has 0 bridgehead atoms. The topological polar surface area (TPSA) is 41.1 Å². The molecule has 4 heteroatoms. The Morgan fingerprint density at radius 3 is 2.67 bits per heavy atom. The molecule has 52 valence electrons. The van der Waals surface area contributed by atoms with Crippen molar-refractivity contribution in [3.05, 3.63) is 0 Å². The predicted molar refractivity (Wildman–Crippen MR) is 30.9 cm³/mol. The minimum atomic E-state index is -0.817. The van der Waals surface area contributed by atoms with E-state index in [4.69, 9.17) is 0 Å². The van der Waals surface area contributed by atoms with Crippen molar-refractivity contribution in [3.63, 3.8) is 0 Å². The van der Waals surface area contributed by atoms with Crippen molar-refractivity contribution in [1.29, 1.82) is 0 Å². The van der Waals surface area contributed by atoms with Crippen LogP contribution in [-0.2, 0) is 0 Å². The molecule has 1 aliphatic rings. The number of urea groups is 1. The van der Waals surface area contributed by atoms with Gasteiger partial charge in [-0.2, -0.15) is 0 Å². The normalized spacial score (nSPS) is 31.3. The zero-order valence-electron chi connectivity index (χ0n) is 5.15. The smallest absolute Gasteiger partial charge is 0.314 e. The van der Waals surface area contributed by atoms with Crippen molar-refractivity contribution in [3.8, 4) is 0 Å². The molecule has 2 unspecified atom stereocenters. The van der Waals surface area contributed by atoms with Crippen molar-refractivity contribution in [2.75, 3.05) is 7.05 Å². The Bertz CT molecular complexity index is 128. The summed E-state index contributed by atoms with van der Waals surface area (Å²) in [7, 11) is 1.50. The van der Waals surface area contributed by atoms with Crippen molar-refractivity contribution >= 4 is 6.03 Å². The minimum Gasteiger partial charge on any atom is -0.341 e. The van der Waals surface area contributed by atoms with Crippen LogP contribution in [0.15, 0.2) is 0 Å². The van der Waals surface area contributed by atoms with E-state index in [0.717, 1.165) is 0 Å². The Hall–Kier alpha value is -0.800. The summed E-state index contributed by atoms with van der Waals surface area (Å²) >= 11 is 0. The summed E-state index contributed by atoms with van der Waals surface area (Å²) in [4.78, 5) is 10.4. The quantitative estimate of drug-likeness (QED) is 0.519. The van der Waals surface area contributed by atoms with Crippen LogP contribution in [0.4, 0.5) is 9.18 Å². The summed E-state index contributed by atoms with van der Waals surface area (Å²) in [6.07, 6.45) is -0.352. The van der Waals surface area contributed by atoms with Crippen LogP contribution in [-0.4, -0.2) is 25.3 Å². The highest BCUT2D eigenvalue weighted by Crippen LogP contribution is 2.24. The molecule has 1 fully saturated rings. The van der Waals surface area contributed by atoms with E-state index >= 15 is 0 Å². The SMILES string of the molecule is CNC(=O)NC1CC1F. The van der Waals surface area contributed by atoms with E-state index in [9.17, 15) is 9.18 Å². The van der Waals surface area contributed by atoms with Crippen LogP contribution in [0.3, 0.4) is 0 Å². The molecule has 2 amide bonds. The van der Waals surface area contributed by atoms with Gasteiger partial charge in [0.05, 0.1) is 6.04 Å². The number of halogens is 1. The zero-order chi connectivity index (χ0) is 6.85. The molecule has 0 aliphatic heterocycles. The fraction of sp³-hybridized carbons (Fsp3) is 0.800. The lowest BCUT2D eigenvalue weighted by Gasteiger charge is -1.98. The number of rotatable bonds is 1. The number of amides is 2. The molecular formula is C5H9FN2O. The largest absolute Gasteiger partial charge is 0.341 e. The molecule has 0 aromatic carbocycles. The van der Waals surface area contributed by atoms with E-state index < -0.39 is 6.17 Å². The van der Waals surface area contributed by atoms with Crippen molar-refractivity contribution < 1.29 is 9.18 Å². The van der Waals surface area contributed by atoms with E-state index in [1.54, 1.807) is 0 Å². The van der Waals surface area contributed by atoms with E-state index in [2.05, 4.69) is 10.6 Å². The van der Waals surface area contributed by atoms with Gasteiger partial charge in [0.1, 0.15) is 6.17 Å². The summed E-state index contributed by atoms with van der Waals surface area (Å²) in [5, 5.41) is 4.77. The van der Waals surface area contributed by atoms with Gasteiger partial charge in [-0.05, 0) is 0 Å². The average Bonchev–Trinajstić information content (AvgIpc) is 2.47. The lowest BCUT2D eigenvalue weighted by molar-refractivity contribution is 0.241. The van der Waals surface area contributed by atoms with Gasteiger partial charge in [-0.15, -0.1) is 0 Å².